The van der Waals surface area contributed by atoms with Gasteiger partial charge in [-0.1, -0.05) is 6.07 Å². The lowest BCUT2D eigenvalue weighted by atomic mass is 10.1. The molecule has 0 heterocycles. The van der Waals surface area contributed by atoms with Gasteiger partial charge in [-0.15, -0.1) is 0 Å². The van der Waals surface area contributed by atoms with Crippen LogP contribution in [0.25, 0.3) is 0 Å². The van der Waals surface area contributed by atoms with Crippen molar-refractivity contribution < 1.29 is 18.5 Å². The molecule has 0 aliphatic heterocycles. The first-order valence-corrected chi connectivity index (χ1v) is 6.63. The fraction of sp³-hybridized carbons (Fsp3) is 0.364. The highest BCUT2D eigenvalue weighted by Crippen LogP contribution is 2.19. The fourth-order valence-electron chi connectivity index (χ4n) is 1.18. The molecule has 0 saturated carbocycles. The zero-order valence-corrected chi connectivity index (χ0v) is 10.4. The average Bonchev–Trinajstić information content (AvgIpc) is 2.25. The van der Waals surface area contributed by atoms with Crippen molar-refractivity contribution in [1.29, 1.82) is 0 Å². The van der Waals surface area contributed by atoms with Gasteiger partial charge in [0.05, 0.1) is 0 Å². The minimum absolute atomic E-state index is 0.162. The van der Waals surface area contributed by atoms with E-state index in [1.54, 1.807) is 6.92 Å². The Kier molecular flexibility index (Phi) is 4.62. The number of rotatable bonds is 4. The molecule has 0 spiro atoms. The second-order valence-corrected chi connectivity index (χ2v) is 5.46. The van der Waals surface area contributed by atoms with E-state index in [4.69, 9.17) is 0 Å². The summed E-state index contributed by atoms with van der Waals surface area (Å²) in [5.41, 5.74) is -0.387. The molecule has 94 valence electrons. The summed E-state index contributed by atoms with van der Waals surface area (Å²) in [6.45, 7) is 1.87. The van der Waals surface area contributed by atoms with Gasteiger partial charge in [0.1, 0.15) is 17.1 Å². The number of carbonyl (C=O) groups excluding carboxylic acids is 1. The molecule has 6 heteroatoms. The second kappa shape index (κ2) is 5.77. The Morgan fingerprint density at radius 2 is 2.24 bits per heavy atom. The van der Waals surface area contributed by atoms with Crippen LogP contribution >= 0.6 is 0 Å². The van der Waals surface area contributed by atoms with Crippen molar-refractivity contribution in [3.05, 3.63) is 29.6 Å². The van der Waals surface area contributed by atoms with Crippen molar-refractivity contribution in [1.82, 2.24) is 5.32 Å². The summed E-state index contributed by atoms with van der Waals surface area (Å²) in [5, 5.41) is 11.6. The molecule has 0 radical (unpaired) electrons. The SMILES string of the molecule is CC(CNC(=O)c1c(O)cccc1F)S(C)=O. The van der Waals surface area contributed by atoms with Gasteiger partial charge >= 0.3 is 0 Å². The number of halogens is 1. The first-order chi connectivity index (χ1) is 7.93. The van der Waals surface area contributed by atoms with Crippen molar-refractivity contribution >= 4 is 16.7 Å². The van der Waals surface area contributed by atoms with Crippen LogP contribution in [-0.4, -0.2) is 33.3 Å². The molecule has 17 heavy (non-hydrogen) atoms. The third-order valence-corrected chi connectivity index (χ3v) is 3.64. The summed E-state index contributed by atoms with van der Waals surface area (Å²) in [4.78, 5) is 11.6. The topological polar surface area (TPSA) is 66.4 Å². The monoisotopic (exact) mass is 259 g/mol. The Hall–Kier alpha value is -1.43. The molecule has 0 saturated heterocycles. The molecule has 4 nitrogen and oxygen atoms in total. The Morgan fingerprint density at radius 1 is 1.59 bits per heavy atom. The van der Waals surface area contributed by atoms with Gasteiger partial charge in [0.15, 0.2) is 0 Å². The third-order valence-electron chi connectivity index (χ3n) is 2.34. The quantitative estimate of drug-likeness (QED) is 0.848. The largest absolute Gasteiger partial charge is 0.507 e. The van der Waals surface area contributed by atoms with Gasteiger partial charge in [-0.05, 0) is 19.1 Å². The van der Waals surface area contributed by atoms with Gasteiger partial charge in [-0.25, -0.2) is 4.39 Å². The van der Waals surface area contributed by atoms with E-state index >= 15 is 0 Å². The normalized spacial score (nSPS) is 14.1. The molecule has 0 aliphatic rings. The van der Waals surface area contributed by atoms with Gasteiger partial charge in [-0.3, -0.25) is 9.00 Å². The van der Waals surface area contributed by atoms with Crippen LogP contribution in [0.5, 0.6) is 5.75 Å². The summed E-state index contributed by atoms with van der Waals surface area (Å²) in [7, 11) is -1.06. The van der Waals surface area contributed by atoms with E-state index in [1.807, 2.05) is 0 Å². The number of phenolic OH excluding ortho intramolecular Hbond substituents is 1. The van der Waals surface area contributed by atoms with E-state index in [1.165, 1.54) is 18.4 Å². The standard InChI is InChI=1S/C11H14FNO3S/c1-7(17(2)16)6-13-11(15)10-8(12)4-3-5-9(10)14/h3-5,7,14H,6H2,1-2H3,(H,13,15). The van der Waals surface area contributed by atoms with Crippen LogP contribution in [0.4, 0.5) is 4.39 Å². The number of hydrogen-bond donors (Lipinski definition) is 2. The zero-order valence-electron chi connectivity index (χ0n) is 9.57. The Bertz CT molecular complexity index is 430. The predicted octanol–water partition coefficient (Wildman–Crippen LogP) is 1.03. The minimum Gasteiger partial charge on any atom is -0.507 e. The Labute approximate surface area is 101 Å². The number of benzene rings is 1. The number of hydrogen-bond acceptors (Lipinski definition) is 3. The number of carbonyl (C=O) groups is 1. The van der Waals surface area contributed by atoms with Crippen molar-refractivity contribution in [2.75, 3.05) is 12.8 Å². The minimum atomic E-state index is -1.06. The summed E-state index contributed by atoms with van der Waals surface area (Å²) >= 11 is 0. The van der Waals surface area contributed by atoms with E-state index in [0.717, 1.165) is 6.07 Å². The average molecular weight is 259 g/mol. The van der Waals surface area contributed by atoms with Crippen LogP contribution < -0.4 is 5.32 Å². The molecular weight excluding hydrogens is 245 g/mol. The van der Waals surface area contributed by atoms with Crippen LogP contribution in [0.2, 0.25) is 0 Å². The fourth-order valence-corrected chi connectivity index (χ4v) is 1.50. The van der Waals surface area contributed by atoms with Crippen molar-refractivity contribution in [3.8, 4) is 5.75 Å². The first kappa shape index (κ1) is 13.6. The number of amides is 1. The predicted molar refractivity (Wildman–Crippen MR) is 63.9 cm³/mol. The number of aromatic hydroxyl groups is 1. The summed E-state index contributed by atoms with van der Waals surface area (Å²) in [5.74, 6) is -1.90. The smallest absolute Gasteiger partial charge is 0.258 e. The first-order valence-electron chi connectivity index (χ1n) is 5.01. The van der Waals surface area contributed by atoms with Gasteiger partial charge < -0.3 is 10.4 Å². The van der Waals surface area contributed by atoms with Crippen molar-refractivity contribution in [3.63, 3.8) is 0 Å². The Morgan fingerprint density at radius 3 is 2.76 bits per heavy atom. The van der Waals surface area contributed by atoms with Crippen LogP contribution in [0.3, 0.4) is 0 Å². The number of phenols is 1. The van der Waals surface area contributed by atoms with E-state index in [2.05, 4.69) is 5.32 Å². The van der Waals surface area contributed by atoms with Gasteiger partial charge in [0.2, 0.25) is 0 Å². The molecule has 0 aliphatic carbocycles. The van der Waals surface area contributed by atoms with Crippen LogP contribution in [0.1, 0.15) is 17.3 Å². The van der Waals surface area contributed by atoms with E-state index < -0.39 is 28.3 Å². The third kappa shape index (κ3) is 3.52. The maximum atomic E-state index is 13.3. The highest BCUT2D eigenvalue weighted by molar-refractivity contribution is 7.84. The van der Waals surface area contributed by atoms with E-state index in [0.29, 0.717) is 0 Å². The van der Waals surface area contributed by atoms with Gasteiger partial charge in [0, 0.05) is 28.9 Å². The summed E-state index contributed by atoms with van der Waals surface area (Å²) < 4.78 is 24.4. The van der Waals surface area contributed by atoms with Crippen molar-refractivity contribution in [2.45, 2.75) is 12.2 Å². The lowest BCUT2D eigenvalue weighted by molar-refractivity contribution is 0.0947. The maximum absolute atomic E-state index is 13.3. The maximum Gasteiger partial charge on any atom is 0.258 e. The molecule has 2 atom stereocenters. The molecule has 1 aromatic rings. The highest BCUT2D eigenvalue weighted by Gasteiger charge is 2.17. The van der Waals surface area contributed by atoms with Gasteiger partial charge in [0.25, 0.3) is 5.91 Å². The summed E-state index contributed by atoms with van der Waals surface area (Å²) in [6, 6.07) is 3.64. The molecule has 1 rings (SSSR count). The lowest BCUT2D eigenvalue weighted by Gasteiger charge is -2.11. The molecular formula is C11H14FNO3S. The van der Waals surface area contributed by atoms with Gasteiger partial charge in [-0.2, -0.15) is 0 Å². The lowest BCUT2D eigenvalue weighted by Crippen LogP contribution is -2.33. The Balaban J connectivity index is 2.74. The van der Waals surface area contributed by atoms with Crippen LogP contribution in [0.15, 0.2) is 18.2 Å². The molecule has 2 unspecified atom stereocenters. The van der Waals surface area contributed by atoms with E-state index in [-0.39, 0.29) is 17.4 Å². The van der Waals surface area contributed by atoms with Crippen LogP contribution in [0, 0.1) is 5.82 Å². The molecule has 0 fully saturated rings. The molecule has 1 aromatic carbocycles. The zero-order chi connectivity index (χ0) is 13.0. The molecule has 0 bridgehead atoms. The molecule has 1 amide bonds. The van der Waals surface area contributed by atoms with Crippen molar-refractivity contribution in [2.24, 2.45) is 0 Å². The molecule has 0 aromatic heterocycles. The van der Waals surface area contributed by atoms with Crippen LogP contribution in [-0.2, 0) is 10.8 Å². The van der Waals surface area contributed by atoms with E-state index in [9.17, 15) is 18.5 Å². The summed E-state index contributed by atoms with van der Waals surface area (Å²) in [6.07, 6.45) is 1.53. The second-order valence-electron chi connectivity index (χ2n) is 3.65. The highest BCUT2D eigenvalue weighted by atomic mass is 32.2. The molecule has 2 N–H and O–H groups in total. The number of nitrogens with one attached hydrogen (secondary N) is 1.